The number of esters is 1. The Labute approximate surface area is 154 Å². The molecule has 7 nitrogen and oxygen atoms in total. The molecule has 2 N–H and O–H groups in total. The van der Waals surface area contributed by atoms with Crippen LogP contribution in [-0.2, 0) is 16.0 Å². The molecule has 0 saturated heterocycles. The lowest BCUT2D eigenvalue weighted by molar-refractivity contribution is -0.142. The van der Waals surface area contributed by atoms with E-state index >= 15 is 0 Å². The van der Waals surface area contributed by atoms with E-state index in [0.29, 0.717) is 32.9 Å². The average molecular weight is 373 g/mol. The van der Waals surface area contributed by atoms with Crippen molar-refractivity contribution >= 4 is 34.4 Å². The van der Waals surface area contributed by atoms with E-state index in [2.05, 4.69) is 20.3 Å². The monoisotopic (exact) mass is 372 g/mol. The number of methoxy groups -OCH3 is 1. The van der Waals surface area contributed by atoms with Crippen LogP contribution in [0, 0.1) is 6.92 Å². The number of aryl methyl sites for hydroxylation is 1. The Balaban J connectivity index is 1.93. The first-order valence-corrected chi connectivity index (χ1v) is 8.29. The highest BCUT2D eigenvalue weighted by molar-refractivity contribution is 6.35. The Morgan fingerprint density at radius 3 is 2.88 bits per heavy atom. The van der Waals surface area contributed by atoms with Crippen molar-refractivity contribution in [3.63, 3.8) is 0 Å². The van der Waals surface area contributed by atoms with E-state index in [1.165, 1.54) is 13.4 Å². The molecular formula is C18H17ClN4O3. The zero-order valence-corrected chi connectivity index (χ0v) is 15.0. The van der Waals surface area contributed by atoms with Crippen molar-refractivity contribution in [1.29, 1.82) is 0 Å². The highest BCUT2D eigenvalue weighted by Crippen LogP contribution is 2.25. The van der Waals surface area contributed by atoms with Crippen molar-refractivity contribution < 1.29 is 14.3 Å². The predicted octanol–water partition coefficient (Wildman–Crippen LogP) is 2.43. The largest absolute Gasteiger partial charge is 0.467 e. The lowest BCUT2D eigenvalue weighted by Gasteiger charge is -2.17. The van der Waals surface area contributed by atoms with Crippen LogP contribution in [0.25, 0.3) is 10.9 Å². The van der Waals surface area contributed by atoms with Gasteiger partial charge < -0.3 is 15.0 Å². The molecule has 0 aliphatic carbocycles. The molecule has 0 saturated carbocycles. The normalized spacial score (nSPS) is 12.0. The number of pyridine rings is 1. The second-order valence-corrected chi connectivity index (χ2v) is 6.18. The Bertz CT molecular complexity index is 956. The number of fused-ring (bicyclic) bond motifs is 1. The summed E-state index contributed by atoms with van der Waals surface area (Å²) in [5.74, 6) is -0.946. The summed E-state index contributed by atoms with van der Waals surface area (Å²) in [6.07, 6.45) is 3.34. The fourth-order valence-electron chi connectivity index (χ4n) is 2.72. The number of amides is 1. The van der Waals surface area contributed by atoms with E-state index in [1.807, 2.05) is 0 Å². The molecule has 0 fully saturated rings. The first-order chi connectivity index (χ1) is 12.5. The van der Waals surface area contributed by atoms with E-state index in [0.717, 1.165) is 0 Å². The number of H-pyrrole nitrogens is 1. The van der Waals surface area contributed by atoms with Crippen LogP contribution in [0.5, 0.6) is 0 Å². The third-order valence-corrected chi connectivity index (χ3v) is 4.24. The highest BCUT2D eigenvalue weighted by Gasteiger charge is 2.24. The minimum atomic E-state index is -0.851. The van der Waals surface area contributed by atoms with Gasteiger partial charge in [0, 0.05) is 29.4 Å². The van der Waals surface area contributed by atoms with Gasteiger partial charge in [-0.15, -0.1) is 0 Å². The predicted molar refractivity (Wildman–Crippen MR) is 97.1 cm³/mol. The van der Waals surface area contributed by atoms with E-state index < -0.39 is 17.9 Å². The van der Waals surface area contributed by atoms with E-state index in [4.69, 9.17) is 16.3 Å². The zero-order valence-electron chi connectivity index (χ0n) is 14.2. The molecule has 8 heteroatoms. The molecule has 2 aromatic heterocycles. The van der Waals surface area contributed by atoms with Gasteiger partial charge in [-0.2, -0.15) is 0 Å². The van der Waals surface area contributed by atoms with Gasteiger partial charge in [-0.1, -0.05) is 23.7 Å². The number of aromatic nitrogens is 3. The highest BCUT2D eigenvalue weighted by atomic mass is 35.5. The molecule has 26 heavy (non-hydrogen) atoms. The SMILES string of the molecule is COC(=O)[C@@H](Cc1cnc[nH]1)NC(=O)c1cc(C)nc2c(Cl)cccc12. The Hall–Kier alpha value is -2.93. The van der Waals surface area contributed by atoms with Crippen molar-refractivity contribution in [1.82, 2.24) is 20.3 Å². The maximum atomic E-state index is 12.9. The fourth-order valence-corrected chi connectivity index (χ4v) is 2.93. The number of nitrogens with one attached hydrogen (secondary N) is 2. The number of hydrogen-bond acceptors (Lipinski definition) is 5. The molecule has 0 unspecified atom stereocenters. The lowest BCUT2D eigenvalue weighted by atomic mass is 10.1. The van der Waals surface area contributed by atoms with Crippen molar-refractivity contribution in [3.05, 3.63) is 58.8 Å². The van der Waals surface area contributed by atoms with Crippen molar-refractivity contribution in [2.75, 3.05) is 7.11 Å². The number of benzene rings is 1. The summed E-state index contributed by atoms with van der Waals surface area (Å²) < 4.78 is 4.81. The van der Waals surface area contributed by atoms with Gasteiger partial charge in [0.1, 0.15) is 6.04 Å². The summed E-state index contributed by atoms with van der Waals surface area (Å²) in [6, 6.07) is 6.05. The van der Waals surface area contributed by atoms with Crippen LogP contribution < -0.4 is 5.32 Å². The minimum absolute atomic E-state index is 0.237. The quantitative estimate of drug-likeness (QED) is 0.670. The molecule has 2 heterocycles. The van der Waals surface area contributed by atoms with Gasteiger partial charge in [0.15, 0.2) is 0 Å². The third kappa shape index (κ3) is 3.67. The van der Waals surface area contributed by atoms with E-state index in [9.17, 15) is 9.59 Å². The summed E-state index contributed by atoms with van der Waals surface area (Å²) in [5, 5.41) is 3.81. The second kappa shape index (κ2) is 7.53. The number of carbonyl (C=O) groups excluding carboxylic acids is 2. The van der Waals surface area contributed by atoms with Crippen molar-refractivity contribution in [2.45, 2.75) is 19.4 Å². The van der Waals surface area contributed by atoms with Crippen LogP contribution in [0.1, 0.15) is 21.7 Å². The molecule has 0 aliphatic rings. The Kier molecular flexibility index (Phi) is 5.18. The lowest BCUT2D eigenvalue weighted by Crippen LogP contribution is -2.43. The molecule has 1 atom stereocenters. The van der Waals surface area contributed by atoms with E-state index in [1.54, 1.807) is 37.4 Å². The van der Waals surface area contributed by atoms with Gasteiger partial charge in [0.05, 0.1) is 29.5 Å². The van der Waals surface area contributed by atoms with Crippen LogP contribution in [0.2, 0.25) is 5.02 Å². The summed E-state index contributed by atoms with van der Waals surface area (Å²) in [5.41, 5.74) is 2.30. The molecule has 3 aromatic rings. The Morgan fingerprint density at radius 2 is 2.19 bits per heavy atom. The molecule has 134 valence electrons. The summed E-state index contributed by atoms with van der Waals surface area (Å²) >= 11 is 6.20. The number of hydrogen-bond donors (Lipinski definition) is 2. The molecule has 3 rings (SSSR count). The van der Waals surface area contributed by atoms with Crippen LogP contribution in [0.3, 0.4) is 0 Å². The van der Waals surface area contributed by atoms with Crippen molar-refractivity contribution in [3.8, 4) is 0 Å². The van der Waals surface area contributed by atoms with Crippen LogP contribution >= 0.6 is 11.6 Å². The molecule has 0 bridgehead atoms. The van der Waals surface area contributed by atoms with E-state index in [-0.39, 0.29) is 6.42 Å². The number of aromatic amines is 1. The third-order valence-electron chi connectivity index (χ3n) is 3.93. The standard InChI is InChI=1S/C18H17ClN4O3/c1-10-6-13(12-4-3-5-14(19)16(12)22-10)17(24)23-15(18(25)26-2)7-11-8-20-9-21-11/h3-6,8-9,15H,7H2,1-2H3,(H,20,21)(H,23,24)/t15-/m1/s1. The first-order valence-electron chi connectivity index (χ1n) is 7.91. The van der Waals surface area contributed by atoms with Gasteiger partial charge in [-0.05, 0) is 19.1 Å². The summed E-state index contributed by atoms with van der Waals surface area (Å²) in [6.45, 7) is 1.78. The number of halogens is 1. The number of carbonyl (C=O) groups is 2. The van der Waals surface area contributed by atoms with Gasteiger partial charge in [-0.25, -0.2) is 9.78 Å². The number of rotatable bonds is 5. The topological polar surface area (TPSA) is 97.0 Å². The number of ether oxygens (including phenoxy) is 1. The minimum Gasteiger partial charge on any atom is -0.467 e. The Morgan fingerprint density at radius 1 is 1.38 bits per heavy atom. The fraction of sp³-hybridized carbons (Fsp3) is 0.222. The summed E-state index contributed by atoms with van der Waals surface area (Å²) in [7, 11) is 1.28. The molecule has 0 spiro atoms. The van der Waals surface area contributed by atoms with Gasteiger partial charge in [-0.3, -0.25) is 9.78 Å². The van der Waals surface area contributed by atoms with Gasteiger partial charge >= 0.3 is 5.97 Å². The first kappa shape index (κ1) is 17.9. The average Bonchev–Trinajstić information content (AvgIpc) is 3.13. The molecule has 0 radical (unpaired) electrons. The van der Waals surface area contributed by atoms with Crippen LogP contribution in [0.15, 0.2) is 36.8 Å². The van der Waals surface area contributed by atoms with Crippen LogP contribution in [0.4, 0.5) is 0 Å². The number of imidazole rings is 1. The molecule has 1 aromatic carbocycles. The second-order valence-electron chi connectivity index (χ2n) is 5.78. The maximum absolute atomic E-state index is 12.9. The van der Waals surface area contributed by atoms with Crippen molar-refractivity contribution in [2.24, 2.45) is 0 Å². The van der Waals surface area contributed by atoms with Crippen LogP contribution in [-0.4, -0.2) is 40.0 Å². The summed E-state index contributed by atoms with van der Waals surface area (Å²) in [4.78, 5) is 36.2. The maximum Gasteiger partial charge on any atom is 0.328 e. The number of nitrogens with zero attached hydrogens (tertiary/aromatic N) is 2. The zero-order chi connectivity index (χ0) is 18.7. The van der Waals surface area contributed by atoms with Gasteiger partial charge in [0.2, 0.25) is 0 Å². The smallest absolute Gasteiger partial charge is 0.328 e. The molecule has 1 amide bonds. The number of para-hydroxylation sites is 1. The van der Waals surface area contributed by atoms with Gasteiger partial charge in [0.25, 0.3) is 5.91 Å². The molecular weight excluding hydrogens is 356 g/mol. The molecule has 0 aliphatic heterocycles.